The number of benzene rings is 1. The van der Waals surface area contributed by atoms with Gasteiger partial charge in [-0.1, -0.05) is 18.1 Å². The van der Waals surface area contributed by atoms with Crippen LogP contribution in [-0.4, -0.2) is 66.2 Å². The number of rotatable bonds is 3. The van der Waals surface area contributed by atoms with Crippen LogP contribution in [0.1, 0.15) is 102 Å². The molecule has 5 rings (SSSR count). The Kier molecular flexibility index (Phi) is 8.73. The summed E-state index contributed by atoms with van der Waals surface area (Å²) in [6.07, 6.45) is 6.29. The number of nitrogens with zero attached hydrogens (tertiary/aromatic N) is 4. The molecule has 4 heterocycles. The lowest BCUT2D eigenvalue weighted by Crippen LogP contribution is -2.36. The molecule has 0 radical (unpaired) electrons. The number of aromatic amines is 2. The molecule has 0 aliphatic carbocycles. The minimum Gasteiger partial charge on any atom is -0.444 e. The Balaban J connectivity index is 1.19. The SMILES string of the molecule is CC(C)(C)OC(=O)N1CCC[C@H]1c1ncc(C#CC#Cc2ccc(-c3cnc([C@@H]4CCCN4C(=O)OC(C)(C)C)[nH]3)cc2)[nH]1. The van der Waals surface area contributed by atoms with Crippen LogP contribution in [0.15, 0.2) is 36.7 Å². The van der Waals surface area contributed by atoms with E-state index in [1.54, 1.807) is 22.2 Å². The minimum atomic E-state index is -0.548. The van der Waals surface area contributed by atoms with Gasteiger partial charge in [0.05, 0.1) is 30.2 Å². The van der Waals surface area contributed by atoms with Gasteiger partial charge in [0.25, 0.3) is 0 Å². The van der Waals surface area contributed by atoms with E-state index < -0.39 is 11.2 Å². The van der Waals surface area contributed by atoms with E-state index in [0.717, 1.165) is 48.3 Å². The summed E-state index contributed by atoms with van der Waals surface area (Å²) >= 11 is 0. The number of amides is 2. The Hall–Kier alpha value is -4.70. The van der Waals surface area contributed by atoms with Gasteiger partial charge in [0, 0.05) is 18.7 Å². The molecule has 3 aromatic rings. The van der Waals surface area contributed by atoms with Crippen molar-refractivity contribution >= 4 is 12.2 Å². The average molecular weight is 597 g/mol. The molecule has 0 unspecified atom stereocenters. The molecular formula is C34H40N6O4. The van der Waals surface area contributed by atoms with Crippen LogP contribution < -0.4 is 0 Å². The Bertz CT molecular complexity index is 1620. The van der Waals surface area contributed by atoms with Crippen molar-refractivity contribution in [1.29, 1.82) is 0 Å². The van der Waals surface area contributed by atoms with Crippen LogP contribution in [0, 0.1) is 23.7 Å². The van der Waals surface area contributed by atoms with E-state index >= 15 is 0 Å². The molecule has 0 bridgehead atoms. The van der Waals surface area contributed by atoms with Crippen molar-refractivity contribution in [2.24, 2.45) is 0 Å². The number of carbonyl (C=O) groups is 2. The van der Waals surface area contributed by atoms with Gasteiger partial charge in [-0.05, 0) is 103 Å². The molecule has 1 aromatic carbocycles. The van der Waals surface area contributed by atoms with E-state index in [1.807, 2.05) is 65.8 Å². The van der Waals surface area contributed by atoms with Gasteiger partial charge in [0.15, 0.2) is 0 Å². The lowest BCUT2D eigenvalue weighted by molar-refractivity contribution is 0.0208. The molecule has 44 heavy (non-hydrogen) atoms. The summed E-state index contributed by atoms with van der Waals surface area (Å²) in [5.41, 5.74) is 2.23. The summed E-state index contributed by atoms with van der Waals surface area (Å²) in [7, 11) is 0. The lowest BCUT2D eigenvalue weighted by Gasteiger charge is -2.27. The van der Waals surface area contributed by atoms with Gasteiger partial charge >= 0.3 is 12.2 Å². The van der Waals surface area contributed by atoms with Crippen LogP contribution in [-0.2, 0) is 9.47 Å². The first-order valence-corrected chi connectivity index (χ1v) is 15.1. The summed E-state index contributed by atoms with van der Waals surface area (Å²) in [5, 5.41) is 0. The predicted octanol–water partition coefficient (Wildman–Crippen LogP) is 6.35. The number of hydrogen-bond donors (Lipinski definition) is 2. The molecule has 2 aliphatic heterocycles. The van der Waals surface area contributed by atoms with E-state index in [9.17, 15) is 9.59 Å². The van der Waals surface area contributed by atoms with Crippen molar-refractivity contribution in [2.75, 3.05) is 13.1 Å². The maximum atomic E-state index is 12.7. The number of nitrogens with one attached hydrogen (secondary N) is 2. The Morgan fingerprint density at radius 2 is 1.30 bits per heavy atom. The first-order chi connectivity index (χ1) is 20.9. The van der Waals surface area contributed by atoms with E-state index in [-0.39, 0.29) is 24.3 Å². The third-order valence-corrected chi connectivity index (χ3v) is 7.25. The molecule has 2 aliphatic rings. The zero-order valence-corrected chi connectivity index (χ0v) is 26.3. The molecular weight excluding hydrogens is 556 g/mol. The summed E-state index contributed by atoms with van der Waals surface area (Å²) < 4.78 is 11.1. The second-order valence-corrected chi connectivity index (χ2v) is 13.1. The molecule has 2 amide bonds. The quantitative estimate of drug-likeness (QED) is 0.341. The standard InChI is InChI=1S/C34H40N6O4/c1-33(2,3)43-31(41)39-19-9-13-27(39)29-35-21-25(37-29)12-8-7-11-23-15-17-24(18-16-23)26-22-36-30(38-26)28-14-10-20-40(28)32(42)44-34(4,5)6/h15-18,21-22,27-28H,9-10,13-14,19-20H2,1-6H3,(H,35,37)(H,36,38)/t27-,28-/m0/s1. The number of carbonyl (C=O) groups excluding carboxylic acids is 2. The fourth-order valence-electron chi connectivity index (χ4n) is 5.34. The van der Waals surface area contributed by atoms with Crippen LogP contribution in [0.3, 0.4) is 0 Å². The van der Waals surface area contributed by atoms with Crippen LogP contribution in [0.5, 0.6) is 0 Å². The molecule has 2 saturated heterocycles. The van der Waals surface area contributed by atoms with Crippen molar-refractivity contribution in [1.82, 2.24) is 29.7 Å². The number of aromatic nitrogens is 4. The summed E-state index contributed by atoms with van der Waals surface area (Å²) in [6.45, 7) is 12.5. The van der Waals surface area contributed by atoms with Gasteiger partial charge in [0.2, 0.25) is 0 Å². The van der Waals surface area contributed by atoms with E-state index in [4.69, 9.17) is 9.47 Å². The number of H-pyrrole nitrogens is 2. The highest BCUT2D eigenvalue weighted by atomic mass is 16.6. The van der Waals surface area contributed by atoms with Gasteiger partial charge < -0.3 is 19.4 Å². The summed E-state index contributed by atoms with van der Waals surface area (Å²) in [4.78, 5) is 44.5. The molecule has 10 heteroatoms. The monoisotopic (exact) mass is 596 g/mol. The average Bonchev–Trinajstić information content (AvgIpc) is 3.76. The Morgan fingerprint density at radius 1 is 0.773 bits per heavy atom. The Labute approximate surface area is 258 Å². The molecule has 0 saturated carbocycles. The Morgan fingerprint density at radius 3 is 1.86 bits per heavy atom. The number of hydrogen-bond acceptors (Lipinski definition) is 6. The number of ether oxygens (including phenoxy) is 2. The van der Waals surface area contributed by atoms with Gasteiger partial charge in [0.1, 0.15) is 28.5 Å². The van der Waals surface area contributed by atoms with Crippen LogP contribution in [0.25, 0.3) is 11.3 Å². The highest BCUT2D eigenvalue weighted by molar-refractivity contribution is 5.70. The van der Waals surface area contributed by atoms with Crippen molar-refractivity contribution in [3.05, 3.63) is 59.6 Å². The minimum absolute atomic E-state index is 0.129. The van der Waals surface area contributed by atoms with Crippen LogP contribution in [0.4, 0.5) is 9.59 Å². The third-order valence-electron chi connectivity index (χ3n) is 7.25. The van der Waals surface area contributed by atoms with E-state index in [0.29, 0.717) is 24.6 Å². The topological polar surface area (TPSA) is 116 Å². The van der Waals surface area contributed by atoms with Gasteiger partial charge in [-0.15, -0.1) is 0 Å². The smallest absolute Gasteiger partial charge is 0.410 e. The van der Waals surface area contributed by atoms with Gasteiger partial charge in [-0.25, -0.2) is 19.6 Å². The second-order valence-electron chi connectivity index (χ2n) is 13.1. The fraction of sp³-hybridized carbons (Fsp3) is 0.471. The van der Waals surface area contributed by atoms with Crippen molar-refractivity contribution in [2.45, 2.75) is 90.5 Å². The molecule has 10 nitrogen and oxygen atoms in total. The highest BCUT2D eigenvalue weighted by Gasteiger charge is 2.36. The number of likely N-dealkylation sites (tertiary alicyclic amines) is 2. The first-order valence-electron chi connectivity index (χ1n) is 15.1. The molecule has 2 N–H and O–H groups in total. The van der Waals surface area contributed by atoms with Crippen molar-refractivity contribution in [3.8, 4) is 34.9 Å². The van der Waals surface area contributed by atoms with E-state index in [1.165, 1.54) is 0 Å². The molecule has 2 fully saturated rings. The zero-order valence-electron chi connectivity index (χ0n) is 26.3. The number of imidazole rings is 2. The summed E-state index contributed by atoms with van der Waals surface area (Å²) in [5.74, 6) is 13.3. The second kappa shape index (κ2) is 12.5. The van der Waals surface area contributed by atoms with Gasteiger partial charge in [-0.2, -0.15) is 0 Å². The van der Waals surface area contributed by atoms with E-state index in [2.05, 4.69) is 43.6 Å². The fourth-order valence-corrected chi connectivity index (χ4v) is 5.34. The maximum absolute atomic E-state index is 12.7. The molecule has 2 aromatic heterocycles. The molecule has 2 atom stereocenters. The highest BCUT2D eigenvalue weighted by Crippen LogP contribution is 2.33. The lowest BCUT2D eigenvalue weighted by atomic mass is 10.1. The largest absolute Gasteiger partial charge is 0.444 e. The maximum Gasteiger partial charge on any atom is 0.410 e. The van der Waals surface area contributed by atoms with Crippen molar-refractivity contribution < 1.29 is 19.1 Å². The zero-order chi connectivity index (χ0) is 31.5. The third kappa shape index (κ3) is 7.62. The summed E-state index contributed by atoms with van der Waals surface area (Å²) in [6, 6.07) is 7.55. The molecule has 230 valence electrons. The van der Waals surface area contributed by atoms with Gasteiger partial charge in [-0.3, -0.25) is 9.80 Å². The first kappa shape index (κ1) is 30.7. The molecule has 0 spiro atoms. The van der Waals surface area contributed by atoms with Crippen LogP contribution in [0.2, 0.25) is 0 Å². The van der Waals surface area contributed by atoms with Crippen molar-refractivity contribution in [3.63, 3.8) is 0 Å². The predicted molar refractivity (Wildman–Crippen MR) is 166 cm³/mol. The normalized spacial score (nSPS) is 18.3. The van der Waals surface area contributed by atoms with Crippen LogP contribution >= 0.6 is 0 Å².